The predicted molar refractivity (Wildman–Crippen MR) is 115 cm³/mol. The maximum absolute atomic E-state index is 13.6. The van der Waals surface area contributed by atoms with Gasteiger partial charge in [-0.15, -0.1) is 0 Å². The summed E-state index contributed by atoms with van der Waals surface area (Å²) in [7, 11) is 1.53. The number of urea groups is 1. The van der Waals surface area contributed by atoms with Gasteiger partial charge >= 0.3 is 6.03 Å². The van der Waals surface area contributed by atoms with Crippen LogP contribution < -0.4 is 26.8 Å². The highest BCUT2D eigenvalue weighted by molar-refractivity contribution is 8.05. The highest BCUT2D eigenvalue weighted by atomic mass is 32.2. The van der Waals surface area contributed by atoms with Crippen LogP contribution in [-0.2, 0) is 9.67 Å². The van der Waals surface area contributed by atoms with Crippen LogP contribution in [-0.4, -0.2) is 42.0 Å². The quantitative estimate of drug-likeness (QED) is 0.547. The Bertz CT molecular complexity index is 1030. The van der Waals surface area contributed by atoms with Crippen molar-refractivity contribution < 1.29 is 14.3 Å². The Balaban J connectivity index is 1.67. The zero-order chi connectivity index (χ0) is 21.3. The first-order chi connectivity index (χ1) is 14.4. The average Bonchev–Trinajstić information content (AvgIpc) is 3.14. The second-order valence-corrected chi connectivity index (χ2v) is 8.26. The Morgan fingerprint density at radius 1 is 1.30 bits per heavy atom. The first-order valence-corrected chi connectivity index (χ1v) is 10.1. The second-order valence-electron chi connectivity index (χ2n) is 6.95. The third-order valence-corrected chi connectivity index (χ3v) is 6.52. The number of benzene rings is 1. The number of amides is 3. The summed E-state index contributed by atoms with van der Waals surface area (Å²) in [5.74, 6) is 0.157. The number of aromatic nitrogens is 1. The standard InChI is InChI=1S/C20H22N6O3S/c1-29-17-7-6-12(10-23-17)24-18(27)20(13-4-2-3-5-14(13)21)25-15-8-9-26(19(22)28)11-16(15)30-20/h2-7,10,25H,8-9,11,21H2,1H3,(H2,22,28)(H,24,27). The van der Waals surface area contributed by atoms with Crippen LogP contribution in [0.2, 0.25) is 0 Å². The number of nitrogens with zero attached hydrogens (tertiary/aromatic N) is 2. The fourth-order valence-electron chi connectivity index (χ4n) is 3.53. The molecule has 2 aliphatic heterocycles. The Kier molecular flexibility index (Phi) is 5.17. The van der Waals surface area contributed by atoms with Crippen LogP contribution in [0.15, 0.2) is 53.2 Å². The third-order valence-electron chi connectivity index (χ3n) is 5.08. The summed E-state index contributed by atoms with van der Waals surface area (Å²) in [6.07, 6.45) is 2.11. The van der Waals surface area contributed by atoms with E-state index in [1.165, 1.54) is 25.1 Å². The molecule has 1 unspecified atom stereocenters. The zero-order valence-corrected chi connectivity index (χ0v) is 17.2. The lowest BCUT2D eigenvalue weighted by Gasteiger charge is -2.30. The van der Waals surface area contributed by atoms with E-state index >= 15 is 0 Å². The molecule has 0 saturated carbocycles. The van der Waals surface area contributed by atoms with Crippen LogP contribution in [0, 0.1) is 0 Å². The minimum absolute atomic E-state index is 0.294. The summed E-state index contributed by atoms with van der Waals surface area (Å²) < 4.78 is 5.07. The molecule has 1 aromatic heterocycles. The van der Waals surface area contributed by atoms with Crippen LogP contribution in [0.3, 0.4) is 0 Å². The van der Waals surface area contributed by atoms with Crippen molar-refractivity contribution in [1.82, 2.24) is 15.2 Å². The Hall–Kier alpha value is -3.40. The molecule has 2 aliphatic rings. The summed E-state index contributed by atoms with van der Waals surface area (Å²) in [4.78, 5) is 30.6. The SMILES string of the molecule is COc1ccc(NC(=O)C2(c3ccccc3N)NC3=C(CN(C(N)=O)CC3)S2)cn1. The van der Waals surface area contributed by atoms with Gasteiger partial charge in [0.05, 0.1) is 25.5 Å². The number of nitrogens with one attached hydrogen (secondary N) is 2. The van der Waals surface area contributed by atoms with E-state index in [0.29, 0.717) is 42.3 Å². The molecule has 10 heteroatoms. The molecule has 1 atom stereocenters. The first kappa shape index (κ1) is 19.9. The Morgan fingerprint density at radius 3 is 2.77 bits per heavy atom. The maximum Gasteiger partial charge on any atom is 0.315 e. The fourth-order valence-corrected chi connectivity index (χ4v) is 5.01. The number of rotatable bonds is 4. The van der Waals surface area contributed by atoms with Gasteiger partial charge < -0.3 is 31.7 Å². The molecule has 0 fully saturated rings. The lowest BCUT2D eigenvalue weighted by Crippen LogP contribution is -2.47. The molecule has 0 aliphatic carbocycles. The van der Waals surface area contributed by atoms with E-state index in [0.717, 1.165) is 10.6 Å². The number of primary amides is 1. The number of carbonyl (C=O) groups is 2. The fraction of sp³-hybridized carbons (Fsp3) is 0.250. The number of nitrogen functional groups attached to an aromatic ring is 1. The Labute approximate surface area is 177 Å². The molecule has 6 N–H and O–H groups in total. The number of thioether (sulfide) groups is 1. The van der Waals surface area contributed by atoms with Crippen molar-refractivity contribution in [3.8, 4) is 5.88 Å². The maximum atomic E-state index is 13.6. The largest absolute Gasteiger partial charge is 0.481 e. The minimum Gasteiger partial charge on any atom is -0.481 e. The van der Waals surface area contributed by atoms with Gasteiger partial charge in [0.1, 0.15) is 0 Å². The molecule has 0 saturated heterocycles. The van der Waals surface area contributed by atoms with Crippen molar-refractivity contribution in [1.29, 1.82) is 0 Å². The summed E-state index contributed by atoms with van der Waals surface area (Å²) in [6.45, 7) is 0.848. The summed E-state index contributed by atoms with van der Waals surface area (Å²) in [5, 5.41) is 6.31. The second kappa shape index (κ2) is 7.79. The molecule has 0 bridgehead atoms. The van der Waals surface area contributed by atoms with E-state index in [4.69, 9.17) is 16.2 Å². The normalized spacial score (nSPS) is 20.4. The van der Waals surface area contributed by atoms with Gasteiger partial charge in [-0.1, -0.05) is 30.0 Å². The number of nitrogens with two attached hydrogens (primary N) is 2. The van der Waals surface area contributed by atoms with Gasteiger partial charge in [-0.2, -0.15) is 0 Å². The average molecular weight is 427 g/mol. The number of hydrogen-bond donors (Lipinski definition) is 4. The van der Waals surface area contributed by atoms with Crippen LogP contribution >= 0.6 is 11.8 Å². The molecule has 3 amide bonds. The van der Waals surface area contributed by atoms with Gasteiger partial charge in [0.25, 0.3) is 5.91 Å². The van der Waals surface area contributed by atoms with Crippen molar-refractivity contribution >= 4 is 35.1 Å². The number of methoxy groups -OCH3 is 1. The van der Waals surface area contributed by atoms with E-state index in [-0.39, 0.29) is 5.91 Å². The third kappa shape index (κ3) is 3.50. The highest BCUT2D eigenvalue weighted by Crippen LogP contribution is 2.50. The van der Waals surface area contributed by atoms with Gasteiger partial charge in [-0.25, -0.2) is 9.78 Å². The molecular weight excluding hydrogens is 404 g/mol. The number of anilines is 2. The highest BCUT2D eigenvalue weighted by Gasteiger charge is 2.49. The number of pyridine rings is 1. The minimum atomic E-state index is -1.18. The lowest BCUT2D eigenvalue weighted by atomic mass is 10.0. The molecule has 9 nitrogen and oxygen atoms in total. The zero-order valence-electron chi connectivity index (χ0n) is 16.3. The van der Waals surface area contributed by atoms with E-state index in [9.17, 15) is 9.59 Å². The molecule has 30 heavy (non-hydrogen) atoms. The van der Waals surface area contributed by atoms with Crippen molar-refractivity contribution in [3.63, 3.8) is 0 Å². The topological polar surface area (TPSA) is 136 Å². The number of para-hydroxylation sites is 1. The predicted octanol–water partition coefficient (Wildman–Crippen LogP) is 1.80. The molecule has 3 heterocycles. The molecule has 156 valence electrons. The van der Waals surface area contributed by atoms with Crippen molar-refractivity contribution in [2.24, 2.45) is 5.73 Å². The molecule has 4 rings (SSSR count). The van der Waals surface area contributed by atoms with E-state index in [2.05, 4.69) is 15.6 Å². The van der Waals surface area contributed by atoms with E-state index < -0.39 is 10.9 Å². The summed E-state index contributed by atoms with van der Waals surface area (Å²) in [5.41, 5.74) is 14.3. The molecule has 0 radical (unpaired) electrons. The first-order valence-electron chi connectivity index (χ1n) is 9.33. The summed E-state index contributed by atoms with van der Waals surface area (Å²) >= 11 is 1.35. The molecule has 0 spiro atoms. The van der Waals surface area contributed by atoms with Crippen molar-refractivity contribution in [3.05, 3.63) is 58.8 Å². The van der Waals surface area contributed by atoms with E-state index in [1.54, 1.807) is 23.1 Å². The number of carbonyl (C=O) groups excluding carboxylic acids is 2. The van der Waals surface area contributed by atoms with Crippen LogP contribution in [0.4, 0.5) is 16.2 Å². The van der Waals surface area contributed by atoms with Gasteiger partial charge in [-0.05, 0) is 12.1 Å². The van der Waals surface area contributed by atoms with Crippen LogP contribution in [0.5, 0.6) is 5.88 Å². The van der Waals surface area contributed by atoms with Crippen LogP contribution in [0.25, 0.3) is 0 Å². The molecule has 1 aromatic carbocycles. The Morgan fingerprint density at radius 2 is 2.10 bits per heavy atom. The lowest BCUT2D eigenvalue weighted by molar-refractivity contribution is -0.119. The molecule has 2 aromatic rings. The summed E-state index contributed by atoms with van der Waals surface area (Å²) in [6, 6.07) is 10.1. The number of hydrogen-bond acceptors (Lipinski definition) is 7. The monoisotopic (exact) mass is 426 g/mol. The number of ether oxygens (including phenoxy) is 1. The molecular formula is C20H22N6O3S. The van der Waals surface area contributed by atoms with Crippen molar-refractivity contribution in [2.45, 2.75) is 11.3 Å². The smallest absolute Gasteiger partial charge is 0.315 e. The van der Waals surface area contributed by atoms with Crippen molar-refractivity contribution in [2.75, 3.05) is 31.2 Å². The van der Waals surface area contributed by atoms with Gasteiger partial charge in [-0.3, -0.25) is 4.79 Å². The van der Waals surface area contributed by atoms with E-state index in [1.807, 2.05) is 18.2 Å². The van der Waals surface area contributed by atoms with Gasteiger partial charge in [0, 0.05) is 40.9 Å². The van der Waals surface area contributed by atoms with Crippen LogP contribution in [0.1, 0.15) is 12.0 Å². The van der Waals surface area contributed by atoms with Gasteiger partial charge in [0.15, 0.2) is 4.87 Å². The van der Waals surface area contributed by atoms with Gasteiger partial charge in [0.2, 0.25) is 5.88 Å².